The third-order valence-electron chi connectivity index (χ3n) is 5.48. The molecule has 2 aromatic carbocycles. The number of carbonyl (C=O) groups is 1. The molecule has 168 valence electrons. The second kappa shape index (κ2) is 8.92. The summed E-state index contributed by atoms with van der Waals surface area (Å²) in [5.74, 6) is -2.38. The molecule has 0 aliphatic rings. The Balaban J connectivity index is 2.03. The summed E-state index contributed by atoms with van der Waals surface area (Å²) in [4.78, 5) is 14.9. The second-order valence-electron chi connectivity index (χ2n) is 7.68. The van der Waals surface area contributed by atoms with Crippen molar-refractivity contribution in [1.29, 1.82) is 0 Å². The molecule has 1 heterocycles. The molecule has 0 amide bonds. The lowest BCUT2D eigenvalue weighted by Gasteiger charge is -2.37. The lowest BCUT2D eigenvalue weighted by atomic mass is 9.77. The van der Waals surface area contributed by atoms with E-state index in [0.717, 1.165) is 6.07 Å². The first kappa shape index (κ1) is 23.8. The number of aryl methyl sites for hydroxylation is 1. The number of alkyl halides is 3. The maximum Gasteiger partial charge on any atom is 0.422 e. The van der Waals surface area contributed by atoms with Crippen molar-refractivity contribution in [2.75, 3.05) is 0 Å². The van der Waals surface area contributed by atoms with E-state index in [9.17, 15) is 23.1 Å². The van der Waals surface area contributed by atoms with Crippen LogP contribution >= 0.6 is 11.6 Å². The third kappa shape index (κ3) is 4.64. The van der Waals surface area contributed by atoms with Crippen LogP contribution in [-0.2, 0) is 16.8 Å². The first-order valence-electron chi connectivity index (χ1n) is 9.76. The van der Waals surface area contributed by atoms with Gasteiger partial charge in [0.2, 0.25) is 0 Å². The van der Waals surface area contributed by atoms with Gasteiger partial charge >= 0.3 is 12.1 Å². The molecule has 2 N–H and O–H groups in total. The van der Waals surface area contributed by atoms with Crippen molar-refractivity contribution in [3.8, 4) is 11.1 Å². The molecule has 2 unspecified atom stereocenters. The molecule has 0 aliphatic heterocycles. The van der Waals surface area contributed by atoms with Gasteiger partial charge in [-0.2, -0.15) is 13.2 Å². The van der Waals surface area contributed by atoms with Gasteiger partial charge in [0, 0.05) is 22.8 Å². The standard InChI is InChI=1S/C24H21ClF3NO3/c1-14-10-19(8-9-29-14)23(32,24(26,27)28)15(2)20-7-6-18(13-21(20)25)17-5-3-4-16(11-17)12-22(30)31/h3-11,13,15,32H,12H2,1-2H3,(H,30,31). The van der Waals surface area contributed by atoms with Gasteiger partial charge in [0.15, 0.2) is 5.60 Å². The summed E-state index contributed by atoms with van der Waals surface area (Å²) >= 11 is 6.39. The molecular formula is C24H21ClF3NO3. The quantitative estimate of drug-likeness (QED) is 0.478. The van der Waals surface area contributed by atoms with Crippen LogP contribution in [0.15, 0.2) is 60.8 Å². The minimum Gasteiger partial charge on any atom is -0.481 e. The van der Waals surface area contributed by atoms with E-state index in [1.54, 1.807) is 37.3 Å². The van der Waals surface area contributed by atoms with E-state index >= 15 is 0 Å². The Bertz CT molecular complexity index is 1150. The number of aromatic nitrogens is 1. The van der Waals surface area contributed by atoms with Gasteiger partial charge in [-0.25, -0.2) is 0 Å². The first-order valence-corrected chi connectivity index (χ1v) is 10.1. The number of aliphatic carboxylic acids is 1. The third-order valence-corrected chi connectivity index (χ3v) is 5.81. The lowest BCUT2D eigenvalue weighted by molar-refractivity contribution is -0.274. The predicted molar refractivity (Wildman–Crippen MR) is 116 cm³/mol. The van der Waals surface area contributed by atoms with Gasteiger partial charge in [-0.3, -0.25) is 9.78 Å². The molecule has 0 saturated carbocycles. The number of halogens is 4. The van der Waals surface area contributed by atoms with Crippen molar-refractivity contribution in [2.24, 2.45) is 0 Å². The Kier molecular flexibility index (Phi) is 6.62. The Labute approximate surface area is 188 Å². The molecule has 4 nitrogen and oxygen atoms in total. The smallest absolute Gasteiger partial charge is 0.422 e. The number of benzene rings is 2. The maximum absolute atomic E-state index is 14.1. The maximum atomic E-state index is 14.1. The number of carboxylic acids is 1. The molecule has 0 radical (unpaired) electrons. The van der Waals surface area contributed by atoms with Crippen molar-refractivity contribution in [3.05, 3.63) is 88.2 Å². The lowest BCUT2D eigenvalue weighted by Crippen LogP contribution is -2.46. The van der Waals surface area contributed by atoms with Crippen molar-refractivity contribution < 1.29 is 28.2 Å². The molecule has 0 spiro atoms. The minimum absolute atomic E-state index is 0.0621. The zero-order valence-electron chi connectivity index (χ0n) is 17.3. The molecule has 0 saturated heterocycles. The van der Waals surface area contributed by atoms with Crippen LogP contribution in [0.1, 0.15) is 35.2 Å². The van der Waals surface area contributed by atoms with Crippen LogP contribution < -0.4 is 0 Å². The van der Waals surface area contributed by atoms with E-state index in [0.29, 0.717) is 22.4 Å². The molecular weight excluding hydrogens is 443 g/mol. The summed E-state index contributed by atoms with van der Waals surface area (Å²) in [6, 6.07) is 13.8. The molecule has 1 aromatic heterocycles. The monoisotopic (exact) mass is 463 g/mol. The largest absolute Gasteiger partial charge is 0.481 e. The Morgan fingerprint density at radius 1 is 1.09 bits per heavy atom. The van der Waals surface area contributed by atoms with Crippen molar-refractivity contribution in [2.45, 2.75) is 38.0 Å². The van der Waals surface area contributed by atoms with Crippen LogP contribution in [0.2, 0.25) is 5.02 Å². The predicted octanol–water partition coefficient (Wildman–Crippen LogP) is 5.89. The van der Waals surface area contributed by atoms with Gasteiger partial charge in [0.1, 0.15) is 0 Å². The fraction of sp³-hybridized carbons (Fsp3) is 0.250. The van der Waals surface area contributed by atoms with Crippen LogP contribution in [0, 0.1) is 6.92 Å². The number of hydrogen-bond donors (Lipinski definition) is 2. The summed E-state index contributed by atoms with van der Waals surface area (Å²) in [5.41, 5.74) is -1.12. The summed E-state index contributed by atoms with van der Waals surface area (Å²) in [6.45, 7) is 2.82. The van der Waals surface area contributed by atoms with Crippen LogP contribution in [0.5, 0.6) is 0 Å². The van der Waals surface area contributed by atoms with Crippen LogP contribution in [0.25, 0.3) is 11.1 Å². The minimum atomic E-state index is -4.96. The highest BCUT2D eigenvalue weighted by Gasteiger charge is 2.59. The highest BCUT2D eigenvalue weighted by molar-refractivity contribution is 6.31. The van der Waals surface area contributed by atoms with Gasteiger partial charge in [-0.15, -0.1) is 0 Å². The van der Waals surface area contributed by atoms with Gasteiger partial charge < -0.3 is 10.2 Å². The molecule has 32 heavy (non-hydrogen) atoms. The fourth-order valence-corrected chi connectivity index (χ4v) is 4.10. The van der Waals surface area contributed by atoms with Crippen LogP contribution in [0.4, 0.5) is 13.2 Å². The highest BCUT2D eigenvalue weighted by atomic mass is 35.5. The average molecular weight is 464 g/mol. The van der Waals surface area contributed by atoms with Crippen molar-refractivity contribution >= 4 is 17.6 Å². The number of rotatable bonds is 6. The van der Waals surface area contributed by atoms with Crippen molar-refractivity contribution in [3.63, 3.8) is 0 Å². The van der Waals surface area contributed by atoms with Gasteiger partial charge in [-0.05, 0) is 52.9 Å². The second-order valence-corrected chi connectivity index (χ2v) is 8.09. The molecule has 0 fully saturated rings. The fourth-order valence-electron chi connectivity index (χ4n) is 3.76. The normalized spacial score (nSPS) is 14.6. The molecule has 3 rings (SSSR count). The van der Waals surface area contributed by atoms with E-state index in [4.69, 9.17) is 16.7 Å². The number of hydrogen-bond acceptors (Lipinski definition) is 3. The summed E-state index contributed by atoms with van der Waals surface area (Å²) in [7, 11) is 0. The van der Waals surface area contributed by atoms with E-state index in [2.05, 4.69) is 4.98 Å². The average Bonchev–Trinajstić information content (AvgIpc) is 2.71. The first-order chi connectivity index (χ1) is 14.9. The summed E-state index contributed by atoms with van der Waals surface area (Å²) < 4.78 is 42.4. The number of pyridine rings is 1. The van der Waals surface area contributed by atoms with Gasteiger partial charge in [-0.1, -0.05) is 54.9 Å². The Morgan fingerprint density at radius 2 is 1.78 bits per heavy atom. The molecule has 2 atom stereocenters. The van der Waals surface area contributed by atoms with Crippen molar-refractivity contribution in [1.82, 2.24) is 4.98 Å². The van der Waals surface area contributed by atoms with E-state index in [1.807, 2.05) is 0 Å². The van der Waals surface area contributed by atoms with Gasteiger partial charge in [0.25, 0.3) is 0 Å². The van der Waals surface area contributed by atoms with Crippen LogP contribution in [0.3, 0.4) is 0 Å². The number of carboxylic acid groups (broad SMARTS) is 1. The zero-order valence-corrected chi connectivity index (χ0v) is 18.1. The number of aliphatic hydroxyl groups is 1. The molecule has 8 heteroatoms. The number of nitrogens with zero attached hydrogens (tertiary/aromatic N) is 1. The Morgan fingerprint density at radius 3 is 2.38 bits per heavy atom. The topological polar surface area (TPSA) is 70.4 Å². The Hall–Kier alpha value is -2.90. The molecule has 3 aromatic rings. The zero-order chi connectivity index (χ0) is 23.7. The van der Waals surface area contributed by atoms with E-state index in [-0.39, 0.29) is 22.6 Å². The summed E-state index contributed by atoms with van der Waals surface area (Å²) in [6.07, 6.45) is -3.89. The van der Waals surface area contributed by atoms with E-state index < -0.39 is 23.7 Å². The molecule has 0 aliphatic carbocycles. The van der Waals surface area contributed by atoms with E-state index in [1.165, 1.54) is 31.3 Å². The molecule has 0 bridgehead atoms. The van der Waals surface area contributed by atoms with Crippen LogP contribution in [-0.4, -0.2) is 27.3 Å². The SMILES string of the molecule is Cc1cc(C(O)(C(C)c2ccc(-c3cccc(CC(=O)O)c3)cc2Cl)C(F)(F)F)ccn1. The summed E-state index contributed by atoms with van der Waals surface area (Å²) in [5, 5.41) is 20.0. The highest BCUT2D eigenvalue weighted by Crippen LogP contribution is 2.50. The van der Waals surface area contributed by atoms with Gasteiger partial charge in [0.05, 0.1) is 6.42 Å².